The Hall–Kier alpha value is -1.27. The third-order valence-corrected chi connectivity index (χ3v) is 3.69. The lowest BCUT2D eigenvalue weighted by molar-refractivity contribution is 0.179. The highest BCUT2D eigenvalue weighted by Gasteiger charge is 2.31. The van der Waals surface area contributed by atoms with E-state index in [1.165, 1.54) is 12.8 Å². The quantitative estimate of drug-likeness (QED) is 0.802. The number of nitrogens with one attached hydrogen (secondary N) is 2. The molecule has 0 bridgehead atoms. The van der Waals surface area contributed by atoms with Gasteiger partial charge in [0.05, 0.1) is 30.3 Å². The van der Waals surface area contributed by atoms with Gasteiger partial charge in [0.1, 0.15) is 0 Å². The van der Waals surface area contributed by atoms with Crippen molar-refractivity contribution in [3.8, 4) is 0 Å². The molecule has 1 aromatic carbocycles. The largest absolute Gasteiger partial charge is 0.383 e. The van der Waals surface area contributed by atoms with Crippen molar-refractivity contribution in [1.29, 1.82) is 0 Å². The topological polar surface area (TPSA) is 67.4 Å². The molecule has 0 aliphatic heterocycles. The number of rotatable bonds is 7. The van der Waals surface area contributed by atoms with Crippen molar-refractivity contribution in [2.24, 2.45) is 5.92 Å². The Bertz CT molecular complexity index is 526. The van der Waals surface area contributed by atoms with E-state index in [-0.39, 0.29) is 6.04 Å². The van der Waals surface area contributed by atoms with E-state index in [9.17, 15) is 8.42 Å². The second kappa shape index (κ2) is 5.79. The van der Waals surface area contributed by atoms with Crippen molar-refractivity contribution < 1.29 is 13.2 Å². The summed E-state index contributed by atoms with van der Waals surface area (Å²) >= 11 is 0. The Labute approximate surface area is 114 Å². The molecule has 1 atom stereocenters. The second-order valence-electron chi connectivity index (χ2n) is 4.96. The summed E-state index contributed by atoms with van der Waals surface area (Å²) in [4.78, 5) is 0. The lowest BCUT2D eigenvalue weighted by Crippen LogP contribution is -2.27. The van der Waals surface area contributed by atoms with Crippen LogP contribution < -0.4 is 10.0 Å². The van der Waals surface area contributed by atoms with Gasteiger partial charge in [-0.15, -0.1) is 0 Å². The molecule has 1 aromatic rings. The third-order valence-electron chi connectivity index (χ3n) is 3.10. The highest BCUT2D eigenvalue weighted by molar-refractivity contribution is 7.92. The molecule has 1 aliphatic rings. The number of ether oxygens (including phenoxy) is 1. The van der Waals surface area contributed by atoms with Crippen LogP contribution in [0.2, 0.25) is 0 Å². The van der Waals surface area contributed by atoms with E-state index in [0.717, 1.165) is 11.9 Å². The van der Waals surface area contributed by atoms with Crippen molar-refractivity contribution in [2.75, 3.05) is 30.0 Å². The zero-order valence-electron chi connectivity index (χ0n) is 11.2. The van der Waals surface area contributed by atoms with Crippen LogP contribution in [0.5, 0.6) is 0 Å². The zero-order valence-corrected chi connectivity index (χ0v) is 12.0. The number of hydrogen-bond donors (Lipinski definition) is 2. The summed E-state index contributed by atoms with van der Waals surface area (Å²) in [6, 6.07) is 7.54. The maximum absolute atomic E-state index is 11.3. The Morgan fingerprint density at radius 1 is 1.32 bits per heavy atom. The average molecular weight is 284 g/mol. The number of para-hydroxylation sites is 2. The molecular weight excluding hydrogens is 264 g/mol. The molecule has 1 unspecified atom stereocenters. The highest BCUT2D eigenvalue weighted by Crippen LogP contribution is 2.35. The first kappa shape index (κ1) is 14.1. The van der Waals surface area contributed by atoms with Gasteiger partial charge in [0.2, 0.25) is 10.0 Å². The second-order valence-corrected chi connectivity index (χ2v) is 6.71. The molecular formula is C13H20N2O3S. The maximum atomic E-state index is 11.3. The molecule has 1 aliphatic carbocycles. The van der Waals surface area contributed by atoms with Gasteiger partial charge in [0.25, 0.3) is 0 Å². The SMILES string of the molecule is COCC(Nc1ccccc1NS(C)(=O)=O)C1CC1. The van der Waals surface area contributed by atoms with E-state index >= 15 is 0 Å². The van der Waals surface area contributed by atoms with Crippen molar-refractivity contribution in [2.45, 2.75) is 18.9 Å². The van der Waals surface area contributed by atoms with Gasteiger partial charge in [-0.05, 0) is 30.9 Å². The summed E-state index contributed by atoms with van der Waals surface area (Å²) in [7, 11) is -1.60. The fourth-order valence-electron chi connectivity index (χ4n) is 2.07. The summed E-state index contributed by atoms with van der Waals surface area (Å²) in [5.41, 5.74) is 1.37. The van der Waals surface area contributed by atoms with Gasteiger partial charge in [-0.1, -0.05) is 12.1 Å². The smallest absolute Gasteiger partial charge is 0.229 e. The number of sulfonamides is 1. The van der Waals surface area contributed by atoms with Crippen LogP contribution in [0.4, 0.5) is 11.4 Å². The minimum absolute atomic E-state index is 0.229. The van der Waals surface area contributed by atoms with Crippen molar-refractivity contribution >= 4 is 21.4 Å². The van der Waals surface area contributed by atoms with E-state index in [1.807, 2.05) is 12.1 Å². The molecule has 0 amide bonds. The normalized spacial score (nSPS) is 16.9. The molecule has 1 saturated carbocycles. The zero-order chi connectivity index (χ0) is 13.9. The maximum Gasteiger partial charge on any atom is 0.229 e. The fraction of sp³-hybridized carbons (Fsp3) is 0.538. The Balaban J connectivity index is 2.14. The predicted molar refractivity (Wildman–Crippen MR) is 76.9 cm³/mol. The molecule has 0 heterocycles. The van der Waals surface area contributed by atoms with Crippen LogP contribution in [0.3, 0.4) is 0 Å². The van der Waals surface area contributed by atoms with Gasteiger partial charge < -0.3 is 10.1 Å². The van der Waals surface area contributed by atoms with Crippen LogP contribution in [-0.4, -0.2) is 34.4 Å². The van der Waals surface area contributed by atoms with Gasteiger partial charge in [-0.3, -0.25) is 4.72 Å². The van der Waals surface area contributed by atoms with Gasteiger partial charge >= 0.3 is 0 Å². The van der Waals surface area contributed by atoms with E-state index in [2.05, 4.69) is 10.0 Å². The first-order chi connectivity index (χ1) is 8.99. The molecule has 6 heteroatoms. The Kier molecular flexibility index (Phi) is 4.31. The van der Waals surface area contributed by atoms with Gasteiger partial charge in [-0.2, -0.15) is 0 Å². The molecule has 0 radical (unpaired) electrons. The highest BCUT2D eigenvalue weighted by atomic mass is 32.2. The van der Waals surface area contributed by atoms with Crippen LogP contribution in [0.1, 0.15) is 12.8 Å². The lowest BCUT2D eigenvalue weighted by atomic mass is 10.1. The van der Waals surface area contributed by atoms with Gasteiger partial charge in [0, 0.05) is 7.11 Å². The van der Waals surface area contributed by atoms with Crippen LogP contribution in [-0.2, 0) is 14.8 Å². The molecule has 19 heavy (non-hydrogen) atoms. The average Bonchev–Trinajstić information content (AvgIpc) is 3.13. The summed E-state index contributed by atoms with van der Waals surface area (Å²) < 4.78 is 30.4. The Morgan fingerprint density at radius 3 is 2.47 bits per heavy atom. The van der Waals surface area contributed by atoms with Crippen LogP contribution in [0, 0.1) is 5.92 Å². The molecule has 0 spiro atoms. The number of hydrogen-bond acceptors (Lipinski definition) is 4. The van der Waals surface area contributed by atoms with Crippen LogP contribution >= 0.6 is 0 Å². The monoisotopic (exact) mass is 284 g/mol. The number of methoxy groups -OCH3 is 1. The summed E-state index contributed by atoms with van der Waals surface area (Å²) in [5.74, 6) is 0.617. The first-order valence-electron chi connectivity index (χ1n) is 6.32. The van der Waals surface area contributed by atoms with E-state index in [1.54, 1.807) is 19.2 Å². The first-order valence-corrected chi connectivity index (χ1v) is 8.21. The summed E-state index contributed by atoms with van der Waals surface area (Å²) in [6.07, 6.45) is 3.54. The van der Waals surface area contributed by atoms with Crippen LogP contribution in [0.15, 0.2) is 24.3 Å². The van der Waals surface area contributed by atoms with E-state index in [0.29, 0.717) is 18.2 Å². The molecule has 2 N–H and O–H groups in total. The Morgan fingerprint density at radius 2 is 1.95 bits per heavy atom. The number of benzene rings is 1. The van der Waals surface area contributed by atoms with Crippen molar-refractivity contribution in [3.05, 3.63) is 24.3 Å². The molecule has 2 rings (SSSR count). The van der Waals surface area contributed by atoms with Crippen LogP contribution in [0.25, 0.3) is 0 Å². The predicted octanol–water partition coefficient (Wildman–Crippen LogP) is 1.89. The molecule has 1 fully saturated rings. The van der Waals surface area contributed by atoms with E-state index in [4.69, 9.17) is 4.74 Å². The van der Waals surface area contributed by atoms with Crippen molar-refractivity contribution in [3.63, 3.8) is 0 Å². The van der Waals surface area contributed by atoms with Gasteiger partial charge in [0.15, 0.2) is 0 Å². The van der Waals surface area contributed by atoms with Crippen molar-refractivity contribution in [1.82, 2.24) is 0 Å². The summed E-state index contributed by atoms with van der Waals surface area (Å²) in [6.45, 7) is 0.623. The minimum Gasteiger partial charge on any atom is -0.383 e. The molecule has 0 aromatic heterocycles. The third kappa shape index (κ3) is 4.40. The standard InChI is InChI=1S/C13H20N2O3S/c1-18-9-13(10-7-8-10)14-11-5-3-4-6-12(11)15-19(2,16)17/h3-6,10,13-15H,7-9H2,1-2H3. The molecule has 106 valence electrons. The minimum atomic E-state index is -3.27. The molecule has 5 nitrogen and oxygen atoms in total. The molecule has 0 saturated heterocycles. The summed E-state index contributed by atoms with van der Waals surface area (Å²) in [5, 5.41) is 3.38. The number of anilines is 2. The van der Waals surface area contributed by atoms with E-state index < -0.39 is 10.0 Å². The van der Waals surface area contributed by atoms with Gasteiger partial charge in [-0.25, -0.2) is 8.42 Å². The lowest BCUT2D eigenvalue weighted by Gasteiger charge is -2.21. The fourth-order valence-corrected chi connectivity index (χ4v) is 2.65.